The van der Waals surface area contributed by atoms with Crippen LogP contribution in [0.5, 0.6) is 0 Å². The van der Waals surface area contributed by atoms with E-state index in [1.54, 1.807) is 6.07 Å². The van der Waals surface area contributed by atoms with Crippen molar-refractivity contribution in [3.63, 3.8) is 0 Å². The van der Waals surface area contributed by atoms with Crippen molar-refractivity contribution in [2.75, 3.05) is 30.0 Å². The predicted molar refractivity (Wildman–Crippen MR) is 73.5 cm³/mol. The summed E-state index contributed by atoms with van der Waals surface area (Å²) in [5, 5.41) is 9.10. The third-order valence-electron chi connectivity index (χ3n) is 2.58. The standard InChI is InChI=1S/C12H23N5O/c1-4-5-17(6-7-18)11-8-10(16-13)14-12(15-11)9(2)3/h8-9,18H,4-7,13H2,1-3H3,(H,14,15,16). The Bertz CT molecular complexity index is 363. The second-order valence-corrected chi connectivity index (χ2v) is 4.48. The van der Waals surface area contributed by atoms with Crippen molar-refractivity contribution in [3.05, 3.63) is 11.9 Å². The van der Waals surface area contributed by atoms with Gasteiger partial charge in [-0.2, -0.15) is 0 Å². The van der Waals surface area contributed by atoms with Crippen LogP contribution in [0.4, 0.5) is 11.6 Å². The molecule has 0 bridgehead atoms. The van der Waals surface area contributed by atoms with Gasteiger partial charge in [-0.05, 0) is 6.42 Å². The van der Waals surface area contributed by atoms with E-state index in [4.69, 9.17) is 10.9 Å². The number of hydrogen-bond donors (Lipinski definition) is 3. The molecule has 4 N–H and O–H groups in total. The molecule has 1 rings (SSSR count). The topological polar surface area (TPSA) is 87.3 Å². The zero-order valence-electron chi connectivity index (χ0n) is 11.3. The summed E-state index contributed by atoms with van der Waals surface area (Å²) in [4.78, 5) is 10.9. The normalized spacial score (nSPS) is 10.8. The first-order chi connectivity index (χ1) is 8.62. The van der Waals surface area contributed by atoms with E-state index in [0.717, 1.165) is 24.6 Å². The lowest BCUT2D eigenvalue weighted by atomic mass is 10.2. The maximum atomic E-state index is 9.10. The minimum Gasteiger partial charge on any atom is -0.395 e. The number of nitrogens with zero attached hydrogens (tertiary/aromatic N) is 3. The van der Waals surface area contributed by atoms with E-state index in [2.05, 4.69) is 22.3 Å². The SMILES string of the molecule is CCCN(CCO)c1cc(NN)nc(C(C)C)n1. The lowest BCUT2D eigenvalue weighted by molar-refractivity contribution is 0.301. The number of nitrogens with one attached hydrogen (secondary N) is 1. The average Bonchev–Trinajstić information content (AvgIpc) is 2.37. The average molecular weight is 253 g/mol. The molecule has 1 aromatic rings. The van der Waals surface area contributed by atoms with Crippen LogP contribution in [0, 0.1) is 0 Å². The summed E-state index contributed by atoms with van der Waals surface area (Å²) < 4.78 is 0. The van der Waals surface area contributed by atoms with Crippen molar-refractivity contribution in [3.8, 4) is 0 Å². The van der Waals surface area contributed by atoms with Crippen LogP contribution in [-0.4, -0.2) is 34.8 Å². The smallest absolute Gasteiger partial charge is 0.145 e. The Morgan fingerprint density at radius 1 is 1.39 bits per heavy atom. The molecule has 0 atom stereocenters. The molecule has 1 aromatic heterocycles. The lowest BCUT2D eigenvalue weighted by Crippen LogP contribution is -2.29. The summed E-state index contributed by atoms with van der Waals surface area (Å²) in [6.07, 6.45) is 0.992. The molecule has 18 heavy (non-hydrogen) atoms. The Morgan fingerprint density at radius 3 is 2.61 bits per heavy atom. The maximum absolute atomic E-state index is 9.10. The fraction of sp³-hybridized carbons (Fsp3) is 0.667. The quantitative estimate of drug-likeness (QED) is 0.498. The van der Waals surface area contributed by atoms with Crippen LogP contribution in [0.15, 0.2) is 6.07 Å². The Kier molecular flexibility index (Phi) is 5.80. The number of aliphatic hydroxyl groups excluding tert-OH is 1. The van der Waals surface area contributed by atoms with Crippen LogP contribution in [0.3, 0.4) is 0 Å². The van der Waals surface area contributed by atoms with Gasteiger partial charge in [-0.3, -0.25) is 0 Å². The second-order valence-electron chi connectivity index (χ2n) is 4.48. The molecule has 0 aliphatic heterocycles. The third kappa shape index (κ3) is 3.82. The molecule has 0 aromatic carbocycles. The summed E-state index contributed by atoms with van der Waals surface area (Å²) in [5.74, 6) is 7.81. The molecule has 6 nitrogen and oxygen atoms in total. The Labute approximate surface area is 108 Å². The van der Waals surface area contributed by atoms with Gasteiger partial charge in [0.1, 0.15) is 17.5 Å². The van der Waals surface area contributed by atoms with E-state index >= 15 is 0 Å². The summed E-state index contributed by atoms with van der Waals surface area (Å²) in [6.45, 7) is 7.68. The van der Waals surface area contributed by atoms with E-state index in [0.29, 0.717) is 12.4 Å². The van der Waals surface area contributed by atoms with Gasteiger partial charge in [-0.25, -0.2) is 15.8 Å². The molecule has 0 unspecified atom stereocenters. The highest BCUT2D eigenvalue weighted by Crippen LogP contribution is 2.19. The van der Waals surface area contributed by atoms with Crippen LogP contribution in [-0.2, 0) is 0 Å². The second kappa shape index (κ2) is 7.13. The number of aliphatic hydroxyl groups is 1. The number of nitrogens with two attached hydrogens (primary N) is 1. The largest absolute Gasteiger partial charge is 0.395 e. The van der Waals surface area contributed by atoms with Crippen molar-refractivity contribution in [2.45, 2.75) is 33.1 Å². The molecule has 1 heterocycles. The summed E-state index contributed by atoms with van der Waals surface area (Å²) >= 11 is 0. The molecule has 0 spiro atoms. The molecule has 102 valence electrons. The molecular weight excluding hydrogens is 230 g/mol. The number of aromatic nitrogens is 2. The number of rotatable bonds is 7. The van der Waals surface area contributed by atoms with Gasteiger partial charge in [0.15, 0.2) is 0 Å². The van der Waals surface area contributed by atoms with Crippen LogP contribution in [0.25, 0.3) is 0 Å². The number of nitrogen functional groups attached to an aromatic ring is 1. The molecular formula is C12H23N5O. The van der Waals surface area contributed by atoms with E-state index in [-0.39, 0.29) is 12.5 Å². The van der Waals surface area contributed by atoms with Crippen molar-refractivity contribution in [2.24, 2.45) is 5.84 Å². The molecule has 0 saturated heterocycles. The molecule has 0 aliphatic carbocycles. The highest BCUT2D eigenvalue weighted by Gasteiger charge is 2.12. The minimum atomic E-state index is 0.104. The first-order valence-corrected chi connectivity index (χ1v) is 6.33. The highest BCUT2D eigenvalue weighted by molar-refractivity contribution is 5.49. The Hall–Kier alpha value is -1.40. The monoisotopic (exact) mass is 253 g/mol. The molecule has 0 saturated carbocycles. The fourth-order valence-corrected chi connectivity index (χ4v) is 1.68. The zero-order chi connectivity index (χ0) is 13.5. The summed E-state index contributed by atoms with van der Waals surface area (Å²) in [5.41, 5.74) is 2.56. The lowest BCUT2D eigenvalue weighted by Gasteiger charge is -2.23. The Balaban J connectivity index is 3.07. The van der Waals surface area contributed by atoms with Crippen molar-refractivity contribution < 1.29 is 5.11 Å². The summed E-state index contributed by atoms with van der Waals surface area (Å²) in [7, 11) is 0. The molecule has 6 heteroatoms. The van der Waals surface area contributed by atoms with Crippen LogP contribution >= 0.6 is 0 Å². The zero-order valence-corrected chi connectivity index (χ0v) is 11.3. The van der Waals surface area contributed by atoms with Crippen LogP contribution in [0.1, 0.15) is 38.9 Å². The molecule has 0 aliphatic rings. The van der Waals surface area contributed by atoms with Gasteiger partial charge in [0.25, 0.3) is 0 Å². The van der Waals surface area contributed by atoms with Crippen molar-refractivity contribution in [1.29, 1.82) is 0 Å². The van der Waals surface area contributed by atoms with Gasteiger partial charge >= 0.3 is 0 Å². The summed E-state index contributed by atoms with van der Waals surface area (Å²) in [6, 6.07) is 1.80. The minimum absolute atomic E-state index is 0.104. The van der Waals surface area contributed by atoms with Crippen LogP contribution in [0.2, 0.25) is 0 Å². The first kappa shape index (κ1) is 14.7. The van der Waals surface area contributed by atoms with Gasteiger partial charge in [0, 0.05) is 25.1 Å². The van der Waals surface area contributed by atoms with Crippen LogP contribution < -0.4 is 16.2 Å². The van der Waals surface area contributed by atoms with E-state index in [1.807, 2.05) is 18.7 Å². The van der Waals surface area contributed by atoms with Gasteiger partial charge < -0.3 is 15.4 Å². The molecule has 0 amide bonds. The van der Waals surface area contributed by atoms with Gasteiger partial charge in [-0.1, -0.05) is 20.8 Å². The fourth-order valence-electron chi connectivity index (χ4n) is 1.68. The first-order valence-electron chi connectivity index (χ1n) is 6.33. The molecule has 0 fully saturated rings. The van der Waals surface area contributed by atoms with E-state index in [9.17, 15) is 0 Å². The highest BCUT2D eigenvalue weighted by atomic mass is 16.3. The van der Waals surface area contributed by atoms with Crippen molar-refractivity contribution >= 4 is 11.6 Å². The number of anilines is 2. The maximum Gasteiger partial charge on any atom is 0.145 e. The predicted octanol–water partition coefficient (Wildman–Crippen LogP) is 1.09. The number of hydrazine groups is 1. The molecule has 0 radical (unpaired) electrons. The number of hydrogen-bond acceptors (Lipinski definition) is 6. The van der Waals surface area contributed by atoms with E-state index in [1.165, 1.54) is 0 Å². The third-order valence-corrected chi connectivity index (χ3v) is 2.58. The van der Waals surface area contributed by atoms with Gasteiger partial charge in [-0.15, -0.1) is 0 Å². The van der Waals surface area contributed by atoms with Crippen molar-refractivity contribution in [1.82, 2.24) is 9.97 Å². The van der Waals surface area contributed by atoms with Gasteiger partial charge in [0.05, 0.1) is 6.61 Å². The Morgan fingerprint density at radius 2 is 2.11 bits per heavy atom. The van der Waals surface area contributed by atoms with Gasteiger partial charge in [0.2, 0.25) is 0 Å². The van der Waals surface area contributed by atoms with E-state index < -0.39 is 0 Å².